The van der Waals surface area contributed by atoms with E-state index in [9.17, 15) is 0 Å². The summed E-state index contributed by atoms with van der Waals surface area (Å²) in [4.78, 5) is 2.41. The highest BCUT2D eigenvalue weighted by Crippen LogP contribution is 2.27. The van der Waals surface area contributed by atoms with Crippen LogP contribution in [-0.4, -0.2) is 28.5 Å². The Morgan fingerprint density at radius 2 is 1.80 bits per heavy atom. The molecule has 0 amide bonds. The predicted octanol–water partition coefficient (Wildman–Crippen LogP) is 3.23. The average Bonchev–Trinajstić information content (AvgIpc) is 2.42. The summed E-state index contributed by atoms with van der Waals surface area (Å²) in [5.74, 6) is 0.837. The SMILES string of the molecule is CC(C)CN(C(C)C)C(CC(N)=NO)c1ccccc1. The molecule has 112 valence electrons. The van der Waals surface area contributed by atoms with Gasteiger partial charge in [0.05, 0.1) is 0 Å². The molecule has 1 atom stereocenters. The number of hydrogen-bond acceptors (Lipinski definition) is 3. The first-order valence-corrected chi connectivity index (χ1v) is 7.22. The van der Waals surface area contributed by atoms with Crippen LogP contribution in [0.1, 0.15) is 45.7 Å². The highest BCUT2D eigenvalue weighted by molar-refractivity contribution is 5.80. The van der Waals surface area contributed by atoms with Crippen LogP contribution in [0.5, 0.6) is 0 Å². The molecule has 1 rings (SSSR count). The van der Waals surface area contributed by atoms with Crippen molar-refractivity contribution in [2.24, 2.45) is 16.8 Å². The summed E-state index contributed by atoms with van der Waals surface area (Å²) in [6.45, 7) is 9.77. The maximum Gasteiger partial charge on any atom is 0.141 e. The van der Waals surface area contributed by atoms with E-state index in [0.717, 1.165) is 6.54 Å². The van der Waals surface area contributed by atoms with Gasteiger partial charge in [0.2, 0.25) is 0 Å². The van der Waals surface area contributed by atoms with Gasteiger partial charge in [-0.15, -0.1) is 0 Å². The van der Waals surface area contributed by atoms with Gasteiger partial charge in [-0.1, -0.05) is 49.3 Å². The van der Waals surface area contributed by atoms with E-state index >= 15 is 0 Å². The number of nitrogens with two attached hydrogens (primary N) is 1. The largest absolute Gasteiger partial charge is 0.409 e. The van der Waals surface area contributed by atoms with Gasteiger partial charge in [0.25, 0.3) is 0 Å². The molecule has 0 saturated carbocycles. The smallest absolute Gasteiger partial charge is 0.141 e. The molecule has 0 radical (unpaired) electrons. The summed E-state index contributed by atoms with van der Waals surface area (Å²) in [6.07, 6.45) is 0.533. The van der Waals surface area contributed by atoms with Gasteiger partial charge in [-0.25, -0.2) is 0 Å². The fraction of sp³-hybridized carbons (Fsp3) is 0.562. The molecular formula is C16H27N3O. The van der Waals surface area contributed by atoms with Gasteiger partial charge in [-0.05, 0) is 25.3 Å². The molecule has 0 aliphatic heterocycles. The third-order valence-electron chi connectivity index (χ3n) is 3.35. The molecule has 3 N–H and O–H groups in total. The number of hydrogen-bond donors (Lipinski definition) is 2. The Labute approximate surface area is 122 Å². The normalized spacial score (nSPS) is 14.2. The van der Waals surface area contributed by atoms with E-state index in [-0.39, 0.29) is 11.9 Å². The number of amidine groups is 1. The van der Waals surface area contributed by atoms with E-state index in [4.69, 9.17) is 10.9 Å². The highest BCUT2D eigenvalue weighted by Gasteiger charge is 2.24. The van der Waals surface area contributed by atoms with Crippen molar-refractivity contribution in [3.8, 4) is 0 Å². The third-order valence-corrected chi connectivity index (χ3v) is 3.35. The topological polar surface area (TPSA) is 61.8 Å². The number of benzene rings is 1. The Balaban J connectivity index is 3.07. The fourth-order valence-electron chi connectivity index (χ4n) is 2.46. The van der Waals surface area contributed by atoms with Crippen molar-refractivity contribution in [2.75, 3.05) is 6.54 Å². The summed E-state index contributed by atoms with van der Waals surface area (Å²) in [6, 6.07) is 10.8. The monoisotopic (exact) mass is 277 g/mol. The van der Waals surface area contributed by atoms with Crippen molar-refractivity contribution in [3.63, 3.8) is 0 Å². The maximum absolute atomic E-state index is 8.88. The van der Waals surface area contributed by atoms with Crippen molar-refractivity contribution >= 4 is 5.84 Å². The van der Waals surface area contributed by atoms with Gasteiger partial charge < -0.3 is 10.9 Å². The Hall–Kier alpha value is -1.55. The van der Waals surface area contributed by atoms with Crippen molar-refractivity contribution in [1.29, 1.82) is 0 Å². The van der Waals surface area contributed by atoms with Gasteiger partial charge >= 0.3 is 0 Å². The predicted molar refractivity (Wildman–Crippen MR) is 83.9 cm³/mol. The van der Waals surface area contributed by atoms with Gasteiger partial charge in [-0.2, -0.15) is 0 Å². The Bertz CT molecular complexity index is 415. The van der Waals surface area contributed by atoms with E-state index < -0.39 is 0 Å². The molecule has 0 fully saturated rings. The Morgan fingerprint density at radius 3 is 2.25 bits per heavy atom. The van der Waals surface area contributed by atoms with E-state index in [1.165, 1.54) is 5.56 Å². The summed E-state index contributed by atoms with van der Waals surface area (Å²) < 4.78 is 0. The highest BCUT2D eigenvalue weighted by atomic mass is 16.4. The quantitative estimate of drug-likeness (QED) is 0.348. The van der Waals surface area contributed by atoms with Crippen molar-refractivity contribution in [1.82, 2.24) is 4.90 Å². The van der Waals surface area contributed by atoms with Crippen LogP contribution in [0, 0.1) is 5.92 Å². The number of rotatable bonds is 7. The fourth-order valence-corrected chi connectivity index (χ4v) is 2.46. The molecule has 1 unspecified atom stereocenters. The van der Waals surface area contributed by atoms with E-state index in [0.29, 0.717) is 18.4 Å². The molecule has 0 aliphatic carbocycles. The van der Waals surface area contributed by atoms with E-state index in [2.05, 4.69) is 49.9 Å². The minimum Gasteiger partial charge on any atom is -0.409 e. The Morgan fingerprint density at radius 1 is 1.20 bits per heavy atom. The second-order valence-electron chi connectivity index (χ2n) is 5.91. The van der Waals surface area contributed by atoms with E-state index in [1.54, 1.807) is 0 Å². The summed E-state index contributed by atoms with van der Waals surface area (Å²) in [5.41, 5.74) is 6.96. The van der Waals surface area contributed by atoms with Crippen molar-refractivity contribution in [2.45, 2.75) is 46.2 Å². The first-order valence-electron chi connectivity index (χ1n) is 7.22. The van der Waals surface area contributed by atoms with Crippen molar-refractivity contribution < 1.29 is 5.21 Å². The third kappa shape index (κ3) is 4.85. The van der Waals surface area contributed by atoms with E-state index in [1.807, 2.05) is 18.2 Å². The average molecular weight is 277 g/mol. The van der Waals surface area contributed by atoms with Crippen LogP contribution in [0.4, 0.5) is 0 Å². The minimum absolute atomic E-state index is 0.134. The van der Waals surface area contributed by atoms with Crippen LogP contribution in [0.2, 0.25) is 0 Å². The van der Waals surface area contributed by atoms with Gasteiger partial charge in [-0.3, -0.25) is 4.90 Å². The van der Waals surface area contributed by atoms with Gasteiger partial charge in [0, 0.05) is 25.0 Å². The molecule has 0 saturated heterocycles. The van der Waals surface area contributed by atoms with Crippen LogP contribution in [0.15, 0.2) is 35.5 Å². The molecule has 0 bridgehead atoms. The molecule has 20 heavy (non-hydrogen) atoms. The van der Waals surface area contributed by atoms with Crippen LogP contribution in [-0.2, 0) is 0 Å². The van der Waals surface area contributed by atoms with Gasteiger partial charge in [0.1, 0.15) is 5.84 Å². The molecule has 4 heteroatoms. The van der Waals surface area contributed by atoms with Crippen LogP contribution in [0.25, 0.3) is 0 Å². The zero-order valence-electron chi connectivity index (χ0n) is 13.0. The van der Waals surface area contributed by atoms with Crippen LogP contribution >= 0.6 is 0 Å². The summed E-state index contributed by atoms with van der Waals surface area (Å²) in [7, 11) is 0. The first-order chi connectivity index (χ1) is 9.45. The van der Waals surface area contributed by atoms with Crippen molar-refractivity contribution in [3.05, 3.63) is 35.9 Å². The summed E-state index contributed by atoms with van der Waals surface area (Å²) >= 11 is 0. The summed E-state index contributed by atoms with van der Waals surface area (Å²) in [5, 5.41) is 12.0. The number of nitrogens with zero attached hydrogens (tertiary/aromatic N) is 2. The van der Waals surface area contributed by atoms with Crippen LogP contribution in [0.3, 0.4) is 0 Å². The molecular weight excluding hydrogens is 250 g/mol. The number of oxime groups is 1. The Kier molecular flexibility index (Phi) is 6.52. The van der Waals surface area contributed by atoms with Gasteiger partial charge in [0.15, 0.2) is 0 Å². The standard InChI is InChI=1S/C16H27N3O/c1-12(2)11-19(13(3)4)15(10-16(17)18-20)14-8-6-5-7-9-14/h5-9,12-13,15,20H,10-11H2,1-4H3,(H2,17,18). The zero-order chi connectivity index (χ0) is 15.1. The lowest BCUT2D eigenvalue weighted by Gasteiger charge is -2.36. The molecule has 0 heterocycles. The minimum atomic E-state index is 0.134. The first kappa shape index (κ1) is 16.5. The molecule has 0 aromatic heterocycles. The maximum atomic E-state index is 8.88. The molecule has 0 aliphatic rings. The molecule has 4 nitrogen and oxygen atoms in total. The molecule has 0 spiro atoms. The second kappa shape index (κ2) is 7.90. The lowest BCUT2D eigenvalue weighted by Crippen LogP contribution is -2.39. The lowest BCUT2D eigenvalue weighted by molar-refractivity contribution is 0.137. The second-order valence-corrected chi connectivity index (χ2v) is 5.91. The zero-order valence-corrected chi connectivity index (χ0v) is 13.0. The van der Waals surface area contributed by atoms with Crippen LogP contribution < -0.4 is 5.73 Å². The molecule has 1 aromatic carbocycles. The lowest BCUT2D eigenvalue weighted by atomic mass is 9.98. The molecule has 1 aromatic rings.